The number of carbonyl (C=O) groups is 2. The Kier molecular flexibility index (Phi) is 5.45. The highest BCUT2D eigenvalue weighted by molar-refractivity contribution is 5.88. The molecule has 0 aliphatic rings. The maximum absolute atomic E-state index is 11.7. The van der Waals surface area contributed by atoms with E-state index in [9.17, 15) is 19.7 Å². The third-order valence-corrected chi connectivity index (χ3v) is 2.94. The van der Waals surface area contributed by atoms with Crippen LogP contribution in [0.3, 0.4) is 0 Å². The molecule has 124 valence electrons. The van der Waals surface area contributed by atoms with Crippen molar-refractivity contribution in [2.24, 2.45) is 0 Å². The summed E-state index contributed by atoms with van der Waals surface area (Å²) in [5, 5.41) is 10.9. The first-order valence-corrected chi connectivity index (χ1v) is 6.76. The van der Waals surface area contributed by atoms with Gasteiger partial charge in [0.25, 0.3) is 5.69 Å². The second-order valence-corrected chi connectivity index (χ2v) is 4.51. The van der Waals surface area contributed by atoms with Gasteiger partial charge in [0.05, 0.1) is 17.6 Å². The summed E-state index contributed by atoms with van der Waals surface area (Å²) in [6.07, 6.45) is 2.37. The van der Waals surface area contributed by atoms with Crippen LogP contribution in [0.15, 0.2) is 46.9 Å². The molecule has 0 N–H and O–H groups in total. The number of esters is 2. The molecule has 0 bridgehead atoms. The van der Waals surface area contributed by atoms with Crippen LogP contribution >= 0.6 is 0 Å². The van der Waals surface area contributed by atoms with Gasteiger partial charge < -0.3 is 13.9 Å². The number of nitrogens with zero attached hydrogens (tertiary/aromatic N) is 1. The first-order valence-electron chi connectivity index (χ1n) is 6.76. The Morgan fingerprint density at radius 2 is 2.00 bits per heavy atom. The molecule has 2 rings (SSSR count). The van der Waals surface area contributed by atoms with Gasteiger partial charge in [-0.2, -0.15) is 0 Å². The van der Waals surface area contributed by atoms with Gasteiger partial charge in [-0.1, -0.05) is 12.1 Å². The second kappa shape index (κ2) is 7.73. The van der Waals surface area contributed by atoms with Crippen LogP contribution in [-0.2, 0) is 20.9 Å². The topological polar surface area (TPSA) is 109 Å². The first kappa shape index (κ1) is 16.9. The molecule has 0 radical (unpaired) electrons. The SMILES string of the molecule is COC(=O)c1ccc(COC(=O)/C=C/c2ccccc2[N+](=O)[O-])o1. The van der Waals surface area contributed by atoms with E-state index in [0.29, 0.717) is 0 Å². The van der Waals surface area contributed by atoms with Crippen LogP contribution in [0.25, 0.3) is 6.08 Å². The van der Waals surface area contributed by atoms with E-state index in [4.69, 9.17) is 9.15 Å². The number of hydrogen-bond acceptors (Lipinski definition) is 7. The number of furan rings is 1. The summed E-state index contributed by atoms with van der Waals surface area (Å²) in [7, 11) is 1.22. The Hall–Kier alpha value is -3.42. The Morgan fingerprint density at radius 1 is 1.25 bits per heavy atom. The largest absolute Gasteiger partial charge is 0.463 e. The smallest absolute Gasteiger partial charge is 0.373 e. The summed E-state index contributed by atoms with van der Waals surface area (Å²) in [6.45, 7) is -0.183. The van der Waals surface area contributed by atoms with E-state index in [1.54, 1.807) is 6.07 Å². The number of methoxy groups -OCH3 is 1. The van der Waals surface area contributed by atoms with Crippen molar-refractivity contribution >= 4 is 23.7 Å². The van der Waals surface area contributed by atoms with Gasteiger partial charge in [-0.15, -0.1) is 0 Å². The summed E-state index contributed by atoms with van der Waals surface area (Å²) in [5.74, 6) is -1.07. The van der Waals surface area contributed by atoms with Gasteiger partial charge in [-0.3, -0.25) is 10.1 Å². The molecule has 0 fully saturated rings. The number of nitro benzene ring substituents is 1. The summed E-state index contributed by atoms with van der Waals surface area (Å²) >= 11 is 0. The summed E-state index contributed by atoms with van der Waals surface area (Å²) < 4.78 is 14.6. The highest BCUT2D eigenvalue weighted by Crippen LogP contribution is 2.19. The molecular weight excluding hydrogens is 318 g/mol. The van der Waals surface area contributed by atoms with Crippen molar-refractivity contribution in [3.05, 3.63) is 69.7 Å². The van der Waals surface area contributed by atoms with Crippen LogP contribution in [0.4, 0.5) is 5.69 Å². The van der Waals surface area contributed by atoms with Crippen LogP contribution in [0.1, 0.15) is 21.9 Å². The summed E-state index contributed by atoms with van der Waals surface area (Å²) in [5.41, 5.74) is 0.167. The van der Waals surface area contributed by atoms with Crippen molar-refractivity contribution < 1.29 is 28.4 Å². The number of rotatable bonds is 6. The maximum atomic E-state index is 11.7. The van der Waals surface area contributed by atoms with E-state index in [1.807, 2.05) is 0 Å². The summed E-state index contributed by atoms with van der Waals surface area (Å²) in [6, 6.07) is 8.88. The van der Waals surface area contributed by atoms with Crippen molar-refractivity contribution in [3.63, 3.8) is 0 Å². The first-order chi connectivity index (χ1) is 11.5. The van der Waals surface area contributed by atoms with Gasteiger partial charge in [-0.05, 0) is 24.3 Å². The lowest BCUT2D eigenvalue weighted by Gasteiger charge is -1.99. The van der Waals surface area contributed by atoms with Gasteiger partial charge >= 0.3 is 11.9 Å². The van der Waals surface area contributed by atoms with E-state index in [1.165, 1.54) is 43.5 Å². The fourth-order valence-corrected chi connectivity index (χ4v) is 1.81. The molecular formula is C16H13NO7. The van der Waals surface area contributed by atoms with Gasteiger partial charge in [0.15, 0.2) is 0 Å². The molecule has 1 aromatic carbocycles. The van der Waals surface area contributed by atoms with E-state index < -0.39 is 16.9 Å². The van der Waals surface area contributed by atoms with Crippen LogP contribution in [0.5, 0.6) is 0 Å². The van der Waals surface area contributed by atoms with Crippen molar-refractivity contribution in [2.75, 3.05) is 7.11 Å². The monoisotopic (exact) mass is 331 g/mol. The van der Waals surface area contributed by atoms with Crippen molar-refractivity contribution in [3.8, 4) is 0 Å². The number of benzene rings is 1. The molecule has 0 aliphatic heterocycles. The molecule has 24 heavy (non-hydrogen) atoms. The molecule has 0 amide bonds. The third kappa shape index (κ3) is 4.29. The minimum atomic E-state index is -0.704. The average molecular weight is 331 g/mol. The van der Waals surface area contributed by atoms with Gasteiger partial charge in [0.2, 0.25) is 5.76 Å². The zero-order valence-corrected chi connectivity index (χ0v) is 12.6. The Balaban J connectivity index is 1.95. The predicted molar refractivity (Wildman–Crippen MR) is 82.0 cm³/mol. The zero-order chi connectivity index (χ0) is 17.5. The molecule has 0 saturated heterocycles. The minimum absolute atomic E-state index is 0.000925. The van der Waals surface area contributed by atoms with E-state index in [-0.39, 0.29) is 29.4 Å². The summed E-state index contributed by atoms with van der Waals surface area (Å²) in [4.78, 5) is 33.2. The van der Waals surface area contributed by atoms with E-state index in [0.717, 1.165) is 6.08 Å². The standard InChI is InChI=1S/C16H13NO7/c1-22-16(19)14-8-7-12(24-14)10-23-15(18)9-6-11-4-2-3-5-13(11)17(20)21/h2-9H,10H2,1H3/b9-6+. The van der Waals surface area contributed by atoms with Gasteiger partial charge in [0.1, 0.15) is 12.4 Å². The fourth-order valence-electron chi connectivity index (χ4n) is 1.81. The number of hydrogen-bond donors (Lipinski definition) is 0. The maximum Gasteiger partial charge on any atom is 0.373 e. The minimum Gasteiger partial charge on any atom is -0.463 e. The van der Waals surface area contributed by atoms with Crippen LogP contribution in [0, 0.1) is 10.1 Å². The van der Waals surface area contributed by atoms with Crippen LogP contribution in [0.2, 0.25) is 0 Å². The van der Waals surface area contributed by atoms with Gasteiger partial charge in [-0.25, -0.2) is 9.59 Å². The van der Waals surface area contributed by atoms with Crippen molar-refractivity contribution in [1.82, 2.24) is 0 Å². The molecule has 8 nitrogen and oxygen atoms in total. The lowest BCUT2D eigenvalue weighted by Crippen LogP contribution is -2.01. The molecule has 8 heteroatoms. The molecule has 0 unspecified atom stereocenters. The predicted octanol–water partition coefficient (Wildman–Crippen LogP) is 2.73. The van der Waals surface area contributed by atoms with Crippen LogP contribution in [-0.4, -0.2) is 24.0 Å². The second-order valence-electron chi connectivity index (χ2n) is 4.51. The van der Waals surface area contributed by atoms with E-state index in [2.05, 4.69) is 4.74 Å². The molecule has 0 saturated carbocycles. The Morgan fingerprint density at radius 3 is 2.71 bits per heavy atom. The van der Waals surface area contributed by atoms with Crippen molar-refractivity contribution in [1.29, 1.82) is 0 Å². The highest BCUT2D eigenvalue weighted by atomic mass is 16.6. The molecule has 0 spiro atoms. The number of para-hydroxylation sites is 1. The zero-order valence-electron chi connectivity index (χ0n) is 12.6. The molecule has 2 aromatic rings. The fraction of sp³-hybridized carbons (Fsp3) is 0.125. The quantitative estimate of drug-likeness (QED) is 0.346. The number of carbonyl (C=O) groups excluding carboxylic acids is 2. The van der Waals surface area contributed by atoms with E-state index >= 15 is 0 Å². The molecule has 1 heterocycles. The molecule has 0 atom stereocenters. The normalized spacial score (nSPS) is 10.5. The third-order valence-electron chi connectivity index (χ3n) is 2.94. The molecule has 0 aliphatic carbocycles. The average Bonchev–Trinajstić information content (AvgIpc) is 3.06. The highest BCUT2D eigenvalue weighted by Gasteiger charge is 2.12. The Bertz CT molecular complexity index is 791. The Labute approximate surface area is 136 Å². The number of nitro groups is 1. The van der Waals surface area contributed by atoms with Crippen LogP contribution < -0.4 is 0 Å². The number of ether oxygens (including phenoxy) is 2. The lowest BCUT2D eigenvalue weighted by atomic mass is 10.1. The molecule has 1 aromatic heterocycles. The lowest BCUT2D eigenvalue weighted by molar-refractivity contribution is -0.385. The van der Waals surface area contributed by atoms with Gasteiger partial charge in [0, 0.05) is 12.1 Å². The van der Waals surface area contributed by atoms with Crippen molar-refractivity contribution in [2.45, 2.75) is 6.61 Å².